The topological polar surface area (TPSA) is 22.1 Å². The zero-order valence-corrected chi connectivity index (χ0v) is 19.4. The van der Waals surface area contributed by atoms with Crippen molar-refractivity contribution in [1.82, 2.24) is 4.98 Å². The van der Waals surface area contributed by atoms with Gasteiger partial charge in [0.05, 0.1) is 25.2 Å². The van der Waals surface area contributed by atoms with Crippen LogP contribution in [-0.4, -0.2) is 35.2 Å². The van der Waals surface area contributed by atoms with Crippen LogP contribution in [0.1, 0.15) is 30.1 Å². The van der Waals surface area contributed by atoms with E-state index in [9.17, 15) is 8.78 Å². The summed E-state index contributed by atoms with van der Waals surface area (Å²) in [7, 11) is 0. The van der Waals surface area contributed by atoms with Crippen molar-refractivity contribution >= 4 is 10.9 Å². The molecule has 0 aliphatic carbocycles. The van der Waals surface area contributed by atoms with Crippen molar-refractivity contribution in [2.24, 2.45) is 11.8 Å². The van der Waals surface area contributed by atoms with E-state index >= 15 is 0 Å². The second-order valence-electron chi connectivity index (χ2n) is 9.71. The lowest BCUT2D eigenvalue weighted by atomic mass is 9.71. The smallest absolute Gasteiger partial charge is 0.167 e. The molecule has 4 unspecified atom stereocenters. The fourth-order valence-corrected chi connectivity index (χ4v) is 6.32. The number of quaternary nitrogens is 1. The van der Waals surface area contributed by atoms with Crippen LogP contribution < -0.4 is 0 Å². The van der Waals surface area contributed by atoms with Gasteiger partial charge in [-0.2, -0.15) is 0 Å². The van der Waals surface area contributed by atoms with Crippen molar-refractivity contribution < 1.29 is 18.0 Å². The first kappa shape index (κ1) is 22.9. The molecule has 0 amide bonds. The van der Waals surface area contributed by atoms with Crippen LogP contribution in [0.5, 0.6) is 0 Å². The van der Waals surface area contributed by atoms with Gasteiger partial charge in [-0.1, -0.05) is 42.5 Å². The van der Waals surface area contributed by atoms with Crippen molar-refractivity contribution in [2.75, 3.05) is 19.7 Å². The Bertz CT molecular complexity index is 1210. The van der Waals surface area contributed by atoms with Crippen molar-refractivity contribution in [3.8, 4) is 0 Å². The molecule has 0 radical (unpaired) electrons. The largest absolute Gasteiger partial charge is 0.363 e. The number of rotatable bonds is 8. The summed E-state index contributed by atoms with van der Waals surface area (Å²) in [5.74, 6) is -0.660. The summed E-state index contributed by atoms with van der Waals surface area (Å²) in [6.45, 7) is 10.6. The van der Waals surface area contributed by atoms with Gasteiger partial charge in [0.15, 0.2) is 11.6 Å². The number of pyridine rings is 1. The van der Waals surface area contributed by atoms with Crippen LogP contribution in [0, 0.1) is 23.5 Å². The van der Waals surface area contributed by atoms with Gasteiger partial charge in [0.2, 0.25) is 0 Å². The van der Waals surface area contributed by atoms with E-state index in [1.54, 1.807) is 18.2 Å². The van der Waals surface area contributed by atoms with E-state index in [0.717, 1.165) is 42.4 Å². The van der Waals surface area contributed by atoms with Gasteiger partial charge in [-0.3, -0.25) is 4.98 Å². The normalized spacial score (nSPS) is 26.9. The van der Waals surface area contributed by atoms with Gasteiger partial charge < -0.3 is 9.22 Å². The van der Waals surface area contributed by atoms with E-state index in [1.807, 2.05) is 30.5 Å². The molecule has 2 bridgehead atoms. The van der Waals surface area contributed by atoms with Crippen LogP contribution in [0.2, 0.25) is 0 Å². The summed E-state index contributed by atoms with van der Waals surface area (Å²) in [5, 5.41) is 1.07. The first-order chi connectivity index (χ1) is 16.6. The van der Waals surface area contributed by atoms with E-state index < -0.39 is 11.6 Å². The van der Waals surface area contributed by atoms with E-state index in [2.05, 4.69) is 30.3 Å². The van der Waals surface area contributed by atoms with E-state index in [0.29, 0.717) is 35.0 Å². The molecule has 0 saturated carbocycles. The SMILES string of the molecule is C=CCO[C@H](c1ccnc2ccccc12)C1CC2CC[N+]1(Cc1cccc(F)c1F)CC2C=C. The fourth-order valence-electron chi connectivity index (χ4n) is 6.32. The van der Waals surface area contributed by atoms with E-state index in [4.69, 9.17) is 4.74 Å². The molecule has 3 fully saturated rings. The van der Waals surface area contributed by atoms with E-state index in [1.165, 1.54) is 6.07 Å². The second-order valence-corrected chi connectivity index (χ2v) is 9.71. The number of aromatic nitrogens is 1. The standard InChI is InChI=1S/C29H31F2N2O/c1-3-16-34-29(24-12-14-32-26-11-6-5-9-23(24)26)27-17-21-13-15-33(27,18-20(21)4-2)19-22-8-7-10-25(30)28(22)31/h3-12,14,20-21,27,29H,1-2,13,15-19H2/q+1/t20?,21?,27?,29-,33?/m1/s1. The molecular formula is C29H31F2N2O+. The number of nitrogens with zero attached hydrogens (tertiary/aromatic N) is 2. The minimum atomic E-state index is -0.793. The number of fused-ring (bicyclic) bond motifs is 4. The van der Waals surface area contributed by atoms with Gasteiger partial charge in [0.1, 0.15) is 18.7 Å². The maximum Gasteiger partial charge on any atom is 0.167 e. The van der Waals surface area contributed by atoms with Gasteiger partial charge in [0, 0.05) is 35.9 Å². The Kier molecular flexibility index (Phi) is 6.32. The Hall–Kier alpha value is -2.89. The highest BCUT2D eigenvalue weighted by Crippen LogP contribution is 2.49. The first-order valence-corrected chi connectivity index (χ1v) is 12.0. The summed E-state index contributed by atoms with van der Waals surface area (Å²) in [5.41, 5.74) is 2.45. The minimum Gasteiger partial charge on any atom is -0.363 e. The monoisotopic (exact) mass is 461 g/mol. The molecule has 3 aliphatic heterocycles. The maximum absolute atomic E-state index is 14.9. The summed E-state index contributed by atoms with van der Waals surface area (Å²) < 4.78 is 36.2. The molecule has 6 rings (SSSR count). The Labute approximate surface area is 200 Å². The van der Waals surface area contributed by atoms with Crippen LogP contribution in [0.15, 0.2) is 80.0 Å². The summed E-state index contributed by atoms with van der Waals surface area (Å²) in [4.78, 5) is 4.54. The number of para-hydroxylation sites is 1. The zero-order chi connectivity index (χ0) is 23.7. The van der Waals surface area contributed by atoms with Crippen LogP contribution in [0.3, 0.4) is 0 Å². The first-order valence-electron chi connectivity index (χ1n) is 12.0. The molecule has 3 aliphatic rings. The Morgan fingerprint density at radius 2 is 1.97 bits per heavy atom. The molecule has 5 heteroatoms. The molecule has 3 saturated heterocycles. The summed E-state index contributed by atoms with van der Waals surface area (Å²) in [6.07, 6.45) is 7.45. The predicted molar refractivity (Wildman–Crippen MR) is 131 cm³/mol. The van der Waals surface area contributed by atoms with Crippen LogP contribution in [-0.2, 0) is 11.3 Å². The van der Waals surface area contributed by atoms with Crippen LogP contribution in [0.4, 0.5) is 8.78 Å². The lowest BCUT2D eigenvalue weighted by Crippen LogP contribution is -2.67. The number of ether oxygens (including phenoxy) is 1. The quantitative estimate of drug-likeness (QED) is 0.287. The van der Waals surface area contributed by atoms with Crippen molar-refractivity contribution in [3.05, 3.63) is 103 Å². The predicted octanol–water partition coefficient (Wildman–Crippen LogP) is 6.37. The number of hydrogen-bond donors (Lipinski definition) is 0. The summed E-state index contributed by atoms with van der Waals surface area (Å²) >= 11 is 0. The van der Waals surface area contributed by atoms with Crippen molar-refractivity contribution in [3.63, 3.8) is 0 Å². The Balaban J connectivity index is 1.62. The number of halogens is 2. The van der Waals surface area contributed by atoms with Gasteiger partial charge in [-0.25, -0.2) is 8.78 Å². The molecule has 1 aromatic heterocycles. The Morgan fingerprint density at radius 1 is 1.12 bits per heavy atom. The molecule has 3 aromatic rings. The molecule has 2 aromatic carbocycles. The highest BCUT2D eigenvalue weighted by Gasteiger charge is 2.54. The van der Waals surface area contributed by atoms with Crippen LogP contribution in [0.25, 0.3) is 10.9 Å². The molecule has 5 atom stereocenters. The third-order valence-corrected chi connectivity index (χ3v) is 7.92. The molecule has 0 N–H and O–H groups in total. The van der Waals surface area contributed by atoms with Crippen LogP contribution >= 0.6 is 0 Å². The molecule has 3 nitrogen and oxygen atoms in total. The summed E-state index contributed by atoms with van der Waals surface area (Å²) in [6, 6.07) is 14.7. The zero-order valence-electron chi connectivity index (χ0n) is 19.4. The van der Waals surface area contributed by atoms with Crippen molar-refractivity contribution in [2.45, 2.75) is 31.5 Å². The highest BCUT2D eigenvalue weighted by molar-refractivity contribution is 5.82. The van der Waals surface area contributed by atoms with Crippen molar-refractivity contribution in [1.29, 1.82) is 0 Å². The van der Waals surface area contributed by atoms with Gasteiger partial charge in [0.25, 0.3) is 0 Å². The number of benzene rings is 2. The molecule has 4 heterocycles. The molecule has 176 valence electrons. The average Bonchev–Trinajstić information content (AvgIpc) is 2.87. The Morgan fingerprint density at radius 3 is 2.79 bits per heavy atom. The molecule has 34 heavy (non-hydrogen) atoms. The third kappa shape index (κ3) is 3.97. The highest BCUT2D eigenvalue weighted by atomic mass is 19.2. The molecular weight excluding hydrogens is 430 g/mol. The maximum atomic E-state index is 14.9. The second kappa shape index (κ2) is 9.40. The number of piperidine rings is 3. The number of hydrogen-bond acceptors (Lipinski definition) is 2. The van der Waals surface area contributed by atoms with Gasteiger partial charge >= 0.3 is 0 Å². The molecule has 0 spiro atoms. The minimum absolute atomic E-state index is 0.100. The average molecular weight is 462 g/mol. The van der Waals surface area contributed by atoms with Gasteiger partial charge in [-0.05, 0) is 29.7 Å². The lowest BCUT2D eigenvalue weighted by Gasteiger charge is -2.58. The third-order valence-electron chi connectivity index (χ3n) is 7.92. The van der Waals surface area contributed by atoms with Gasteiger partial charge in [-0.15, -0.1) is 13.2 Å². The fraction of sp³-hybridized carbons (Fsp3) is 0.345. The van der Waals surface area contributed by atoms with E-state index in [-0.39, 0.29) is 12.1 Å². The lowest BCUT2D eigenvalue weighted by molar-refractivity contribution is -0.985.